The van der Waals surface area contributed by atoms with Crippen LogP contribution >= 0.6 is 27.3 Å². The summed E-state index contributed by atoms with van der Waals surface area (Å²) in [6.07, 6.45) is 4.87. The summed E-state index contributed by atoms with van der Waals surface area (Å²) >= 11 is 5.14. The lowest BCUT2D eigenvalue weighted by atomic mass is 10.2. The molecule has 118 valence electrons. The van der Waals surface area contributed by atoms with Crippen LogP contribution < -0.4 is 10.3 Å². The molecular formula is C17H15BrN2O2S. The number of hydrogen-bond donors (Lipinski definition) is 0. The van der Waals surface area contributed by atoms with Crippen molar-refractivity contribution in [3.05, 3.63) is 55.4 Å². The number of benzene rings is 1. The Morgan fingerprint density at radius 3 is 3.09 bits per heavy atom. The highest BCUT2D eigenvalue weighted by Crippen LogP contribution is 2.34. The van der Waals surface area contributed by atoms with Gasteiger partial charge in [0.25, 0.3) is 5.56 Å². The molecule has 0 radical (unpaired) electrons. The van der Waals surface area contributed by atoms with Gasteiger partial charge in [0.15, 0.2) is 0 Å². The Bertz CT molecular complexity index is 961. The van der Waals surface area contributed by atoms with Crippen LogP contribution in [0.5, 0.6) is 5.75 Å². The van der Waals surface area contributed by atoms with Gasteiger partial charge in [0.2, 0.25) is 0 Å². The first-order valence-corrected chi connectivity index (χ1v) is 9.10. The van der Waals surface area contributed by atoms with Gasteiger partial charge in [0.1, 0.15) is 10.6 Å². The second-order valence-corrected chi connectivity index (χ2v) is 7.67. The van der Waals surface area contributed by atoms with Crippen LogP contribution in [-0.2, 0) is 19.4 Å². The molecular weight excluding hydrogens is 376 g/mol. The Morgan fingerprint density at radius 2 is 2.26 bits per heavy atom. The van der Waals surface area contributed by atoms with Crippen LogP contribution in [0.2, 0.25) is 0 Å². The average Bonchev–Trinajstić information content (AvgIpc) is 3.11. The fraction of sp³-hybridized carbons (Fsp3) is 0.294. The van der Waals surface area contributed by atoms with E-state index in [0.717, 1.165) is 45.3 Å². The van der Waals surface area contributed by atoms with Crippen molar-refractivity contribution in [3.8, 4) is 5.75 Å². The number of fused-ring (bicyclic) bond motifs is 3. The van der Waals surface area contributed by atoms with Crippen molar-refractivity contribution in [3.63, 3.8) is 0 Å². The van der Waals surface area contributed by atoms with E-state index in [1.165, 1.54) is 10.4 Å². The standard InChI is InChI=1S/C17H15BrN2O2S/c1-22-13-6-5-11(18)7-10(13)8-20-9-19-16-15(17(20)21)12-3-2-4-14(12)23-16/h5-7,9H,2-4,8H2,1H3. The van der Waals surface area contributed by atoms with Gasteiger partial charge < -0.3 is 4.74 Å². The zero-order chi connectivity index (χ0) is 16.0. The molecule has 0 bridgehead atoms. The first-order chi connectivity index (χ1) is 11.2. The topological polar surface area (TPSA) is 44.1 Å². The highest BCUT2D eigenvalue weighted by atomic mass is 79.9. The van der Waals surface area contributed by atoms with Gasteiger partial charge in [-0.15, -0.1) is 11.3 Å². The van der Waals surface area contributed by atoms with Crippen LogP contribution in [0.15, 0.2) is 33.8 Å². The van der Waals surface area contributed by atoms with Crippen LogP contribution in [0.1, 0.15) is 22.4 Å². The Kier molecular flexibility index (Phi) is 3.73. The molecule has 0 spiro atoms. The van der Waals surface area contributed by atoms with Crippen molar-refractivity contribution in [2.24, 2.45) is 0 Å². The Labute approximate surface area is 145 Å². The molecule has 0 amide bonds. The van der Waals surface area contributed by atoms with E-state index in [4.69, 9.17) is 4.74 Å². The number of nitrogens with zero attached hydrogens (tertiary/aromatic N) is 2. The molecule has 0 N–H and O–H groups in total. The molecule has 0 unspecified atom stereocenters. The summed E-state index contributed by atoms with van der Waals surface area (Å²) in [6.45, 7) is 0.453. The van der Waals surface area contributed by atoms with Gasteiger partial charge in [-0.3, -0.25) is 9.36 Å². The SMILES string of the molecule is COc1ccc(Br)cc1Cn1cnc2sc3c(c2c1=O)CCC3. The summed E-state index contributed by atoms with van der Waals surface area (Å²) < 4.78 is 8.05. The third kappa shape index (κ3) is 2.50. The normalized spacial score (nSPS) is 13.5. The lowest BCUT2D eigenvalue weighted by molar-refractivity contribution is 0.408. The van der Waals surface area contributed by atoms with E-state index >= 15 is 0 Å². The number of aryl methyl sites for hydroxylation is 2. The Morgan fingerprint density at radius 1 is 1.39 bits per heavy atom. The monoisotopic (exact) mass is 390 g/mol. The Hall–Kier alpha value is -1.66. The van der Waals surface area contributed by atoms with Gasteiger partial charge >= 0.3 is 0 Å². The van der Waals surface area contributed by atoms with E-state index in [1.807, 2.05) is 18.2 Å². The van der Waals surface area contributed by atoms with Gasteiger partial charge in [-0.1, -0.05) is 15.9 Å². The molecule has 0 saturated heterocycles. The highest BCUT2D eigenvalue weighted by Gasteiger charge is 2.21. The minimum Gasteiger partial charge on any atom is -0.496 e. The van der Waals surface area contributed by atoms with Gasteiger partial charge in [-0.2, -0.15) is 0 Å². The molecule has 0 aliphatic heterocycles. The van der Waals surface area contributed by atoms with Gasteiger partial charge in [0.05, 0.1) is 25.4 Å². The molecule has 0 fully saturated rings. The molecule has 0 atom stereocenters. The molecule has 23 heavy (non-hydrogen) atoms. The van der Waals surface area contributed by atoms with E-state index in [2.05, 4.69) is 20.9 Å². The highest BCUT2D eigenvalue weighted by molar-refractivity contribution is 9.10. The van der Waals surface area contributed by atoms with Crippen LogP contribution in [0, 0.1) is 0 Å². The van der Waals surface area contributed by atoms with E-state index in [0.29, 0.717) is 6.54 Å². The number of hydrogen-bond acceptors (Lipinski definition) is 4. The smallest absolute Gasteiger partial charge is 0.262 e. The van der Waals surface area contributed by atoms with Gasteiger partial charge in [-0.25, -0.2) is 4.98 Å². The maximum Gasteiger partial charge on any atom is 0.262 e. The minimum absolute atomic E-state index is 0.0522. The van der Waals surface area contributed by atoms with Crippen molar-refractivity contribution < 1.29 is 4.74 Å². The van der Waals surface area contributed by atoms with Crippen molar-refractivity contribution in [1.29, 1.82) is 0 Å². The number of ether oxygens (including phenoxy) is 1. The lowest BCUT2D eigenvalue weighted by Crippen LogP contribution is -2.21. The molecule has 0 saturated carbocycles. The second-order valence-electron chi connectivity index (χ2n) is 5.67. The van der Waals surface area contributed by atoms with Crippen molar-refractivity contribution in [2.45, 2.75) is 25.8 Å². The zero-order valence-corrected chi connectivity index (χ0v) is 15.0. The van der Waals surface area contributed by atoms with E-state index < -0.39 is 0 Å². The van der Waals surface area contributed by atoms with Gasteiger partial charge in [-0.05, 0) is 43.0 Å². The molecule has 2 heterocycles. The van der Waals surface area contributed by atoms with E-state index in [9.17, 15) is 4.79 Å². The summed E-state index contributed by atoms with van der Waals surface area (Å²) in [5.74, 6) is 0.774. The molecule has 4 rings (SSSR count). The quantitative estimate of drug-likeness (QED) is 0.683. The fourth-order valence-corrected chi connectivity index (χ4v) is 4.81. The lowest BCUT2D eigenvalue weighted by Gasteiger charge is -2.11. The first kappa shape index (κ1) is 14.9. The van der Waals surface area contributed by atoms with E-state index in [1.54, 1.807) is 29.3 Å². The molecule has 2 aromatic heterocycles. The van der Waals surface area contributed by atoms with Crippen LogP contribution in [-0.4, -0.2) is 16.7 Å². The Balaban J connectivity index is 1.83. The molecule has 1 aliphatic carbocycles. The zero-order valence-electron chi connectivity index (χ0n) is 12.6. The molecule has 6 heteroatoms. The van der Waals surface area contributed by atoms with Crippen molar-refractivity contribution in [2.75, 3.05) is 7.11 Å². The summed E-state index contributed by atoms with van der Waals surface area (Å²) in [7, 11) is 1.64. The van der Waals surface area contributed by atoms with Crippen LogP contribution in [0.3, 0.4) is 0 Å². The van der Waals surface area contributed by atoms with Crippen LogP contribution in [0.25, 0.3) is 10.2 Å². The first-order valence-electron chi connectivity index (χ1n) is 7.49. The molecule has 3 aromatic rings. The third-order valence-electron chi connectivity index (χ3n) is 4.27. The summed E-state index contributed by atoms with van der Waals surface area (Å²) in [6, 6.07) is 5.81. The summed E-state index contributed by atoms with van der Waals surface area (Å²) in [5.41, 5.74) is 2.23. The fourth-order valence-electron chi connectivity index (χ4n) is 3.19. The average molecular weight is 391 g/mol. The predicted octanol–water partition coefficient (Wildman–Crippen LogP) is 3.77. The van der Waals surface area contributed by atoms with Crippen molar-refractivity contribution in [1.82, 2.24) is 9.55 Å². The number of methoxy groups -OCH3 is 1. The third-order valence-corrected chi connectivity index (χ3v) is 5.97. The number of halogens is 1. The molecule has 4 nitrogen and oxygen atoms in total. The summed E-state index contributed by atoms with van der Waals surface area (Å²) in [5, 5.41) is 0.818. The maximum atomic E-state index is 12.9. The van der Waals surface area contributed by atoms with Crippen LogP contribution in [0.4, 0.5) is 0 Å². The summed E-state index contributed by atoms with van der Waals surface area (Å²) in [4.78, 5) is 19.6. The number of thiophene rings is 1. The van der Waals surface area contributed by atoms with E-state index in [-0.39, 0.29) is 5.56 Å². The largest absolute Gasteiger partial charge is 0.496 e. The molecule has 1 aromatic carbocycles. The minimum atomic E-state index is 0.0522. The number of aromatic nitrogens is 2. The second kappa shape index (κ2) is 5.76. The maximum absolute atomic E-state index is 12.9. The van der Waals surface area contributed by atoms with Crippen molar-refractivity contribution >= 4 is 37.5 Å². The number of rotatable bonds is 3. The molecule has 1 aliphatic rings. The predicted molar refractivity (Wildman–Crippen MR) is 95.7 cm³/mol. The van der Waals surface area contributed by atoms with Gasteiger partial charge in [0, 0.05) is 14.9 Å².